The van der Waals surface area contributed by atoms with Crippen LogP contribution >= 0.6 is 22.7 Å². The van der Waals surface area contributed by atoms with Crippen LogP contribution in [0.5, 0.6) is 11.5 Å². The smallest absolute Gasteiger partial charge is 0.143 e. The summed E-state index contributed by atoms with van der Waals surface area (Å²) in [5.74, 6) is 1.01. The topological polar surface area (TPSA) is 146 Å². The first kappa shape index (κ1) is 40.0. The van der Waals surface area contributed by atoms with Gasteiger partial charge in [0.25, 0.3) is 0 Å². The van der Waals surface area contributed by atoms with Gasteiger partial charge in [0.15, 0.2) is 0 Å². The van der Waals surface area contributed by atoms with E-state index < -0.39 is 0 Å². The Morgan fingerprint density at radius 3 is 1.72 bits per heavy atom. The minimum atomic E-state index is 0. The molecule has 0 saturated carbocycles. The lowest BCUT2D eigenvalue weighted by Crippen LogP contribution is -2.26. The van der Waals surface area contributed by atoms with Gasteiger partial charge in [-0.3, -0.25) is 9.36 Å². The Kier molecular flexibility index (Phi) is 11.8. The minimum Gasteiger partial charge on any atom is -0.506 e. The van der Waals surface area contributed by atoms with E-state index in [-0.39, 0.29) is 18.9 Å². The van der Waals surface area contributed by atoms with Crippen LogP contribution in [0, 0.1) is 13.8 Å². The molecule has 10 rings (SSSR count). The average molecular weight is 803 g/mol. The fourth-order valence-corrected chi connectivity index (χ4v) is 10.1. The second-order valence-corrected chi connectivity index (χ2v) is 16.6. The van der Waals surface area contributed by atoms with E-state index >= 15 is 0 Å². The molecule has 0 amide bonds. The van der Waals surface area contributed by atoms with Crippen LogP contribution in [0.4, 0.5) is 0 Å². The van der Waals surface area contributed by atoms with Crippen molar-refractivity contribution in [2.24, 2.45) is 14.1 Å². The molecular weight excluding hydrogens is 753 g/mol. The van der Waals surface area contributed by atoms with Gasteiger partial charge < -0.3 is 26.0 Å². The molecule has 0 radical (unpaired) electrons. The molecule has 6 heterocycles. The Morgan fingerprint density at radius 2 is 1.18 bits per heavy atom. The maximum absolute atomic E-state index is 10.6. The number of aliphatic hydroxyl groups is 1. The molecule has 1 saturated heterocycles. The molecule has 11 nitrogen and oxygen atoms in total. The molecule has 2 aliphatic heterocycles. The third kappa shape index (κ3) is 8.03. The van der Waals surface area contributed by atoms with E-state index in [1.54, 1.807) is 22.7 Å². The molecule has 0 atom stereocenters. The number of hydrogen-bond donors (Lipinski definition) is 5. The van der Waals surface area contributed by atoms with Crippen molar-refractivity contribution in [1.29, 1.82) is 0 Å². The SMILES string of the molecule is C.CO.Cc1cc(-c2cc(O)c3nc(C4=CCNCC4)sc3c2)cc2cn(C)nc12.Cc1cc(-c2cc(O)c3nc(C4CCNCC4)sc3c2)cc2cn(C)nc12. The Morgan fingerprint density at radius 1 is 0.649 bits per heavy atom. The summed E-state index contributed by atoms with van der Waals surface area (Å²) in [5.41, 5.74) is 11.2. The number of aryl methyl sites for hydroxylation is 4. The summed E-state index contributed by atoms with van der Waals surface area (Å²) < 4.78 is 5.76. The van der Waals surface area contributed by atoms with Crippen LogP contribution in [0.1, 0.15) is 53.7 Å². The number of aromatic nitrogens is 6. The van der Waals surface area contributed by atoms with E-state index in [1.807, 2.05) is 48.0 Å². The van der Waals surface area contributed by atoms with Gasteiger partial charge in [0, 0.05) is 56.8 Å². The van der Waals surface area contributed by atoms with Crippen LogP contribution in [0.25, 0.3) is 70.1 Å². The predicted octanol–water partition coefficient (Wildman–Crippen LogP) is 8.82. The largest absolute Gasteiger partial charge is 0.506 e. The zero-order valence-corrected chi connectivity index (χ0v) is 33.9. The highest BCUT2D eigenvalue weighted by Crippen LogP contribution is 2.40. The molecule has 4 aromatic carbocycles. The molecule has 57 heavy (non-hydrogen) atoms. The molecule has 0 spiro atoms. The van der Waals surface area contributed by atoms with Crippen molar-refractivity contribution in [3.05, 3.63) is 88.1 Å². The van der Waals surface area contributed by atoms with Crippen molar-refractivity contribution in [1.82, 2.24) is 40.2 Å². The average Bonchev–Trinajstić information content (AvgIpc) is 4.01. The molecular formula is C44H50N8O3S2. The van der Waals surface area contributed by atoms with Crippen molar-refractivity contribution in [3.8, 4) is 33.8 Å². The van der Waals surface area contributed by atoms with Crippen molar-refractivity contribution >= 4 is 70.5 Å². The molecule has 0 bridgehead atoms. The highest BCUT2D eigenvalue weighted by atomic mass is 32.1. The molecule has 1 fully saturated rings. The van der Waals surface area contributed by atoms with Crippen molar-refractivity contribution in [2.45, 2.75) is 46.5 Å². The summed E-state index contributed by atoms with van der Waals surface area (Å²) in [6.45, 7) is 8.10. The molecule has 4 aromatic heterocycles. The van der Waals surface area contributed by atoms with E-state index in [9.17, 15) is 10.2 Å². The lowest BCUT2D eigenvalue weighted by Gasteiger charge is -2.20. The van der Waals surface area contributed by atoms with E-state index in [4.69, 9.17) is 15.1 Å². The number of thiazole rings is 2. The molecule has 13 heteroatoms. The first-order valence-corrected chi connectivity index (χ1v) is 20.5. The standard InChI is InChI=1S/C21H22N4OS.C21H20N4OS.CH4O.CH4/c2*1-12-7-14(8-16-11-25(2)24-19(12)16)15-9-17(26)20-18(10-15)27-21(23-20)13-3-5-22-6-4-13;1-2;/h7-11,13,22,26H,3-6H2,1-2H3;3,7-11,22,26H,4-6H2,1-2H3;2H,1H3;1H4. The molecule has 2 aliphatic rings. The van der Waals surface area contributed by atoms with Crippen LogP contribution in [0.3, 0.4) is 0 Å². The monoisotopic (exact) mass is 802 g/mol. The van der Waals surface area contributed by atoms with E-state index in [0.717, 1.165) is 133 Å². The molecule has 0 unspecified atom stereocenters. The fourth-order valence-electron chi connectivity index (χ4n) is 7.76. The lowest BCUT2D eigenvalue weighted by molar-refractivity contribution is 0.399. The van der Waals surface area contributed by atoms with Gasteiger partial charge in [0.1, 0.15) is 27.5 Å². The number of nitrogens with zero attached hydrogens (tertiary/aromatic N) is 6. The maximum atomic E-state index is 10.6. The van der Waals surface area contributed by atoms with Crippen LogP contribution in [-0.2, 0) is 14.1 Å². The Labute approximate surface area is 340 Å². The van der Waals surface area contributed by atoms with Gasteiger partial charge in [0.2, 0.25) is 0 Å². The highest BCUT2D eigenvalue weighted by Gasteiger charge is 2.21. The number of fused-ring (bicyclic) bond motifs is 4. The van der Waals surface area contributed by atoms with Crippen molar-refractivity contribution in [2.75, 3.05) is 33.3 Å². The number of aromatic hydroxyl groups is 2. The quantitative estimate of drug-likeness (QED) is 0.118. The maximum Gasteiger partial charge on any atom is 0.143 e. The number of aliphatic hydroxyl groups excluding tert-OH is 1. The number of hydrogen-bond acceptors (Lipinski definition) is 11. The highest BCUT2D eigenvalue weighted by molar-refractivity contribution is 7.19. The number of benzene rings is 4. The van der Waals surface area contributed by atoms with Crippen LogP contribution in [-0.4, -0.2) is 78.1 Å². The van der Waals surface area contributed by atoms with Crippen LogP contribution in [0.2, 0.25) is 0 Å². The third-order valence-corrected chi connectivity index (χ3v) is 12.7. The van der Waals surface area contributed by atoms with Gasteiger partial charge in [-0.2, -0.15) is 10.2 Å². The number of nitrogens with one attached hydrogen (secondary N) is 2. The number of piperidine rings is 1. The van der Waals surface area contributed by atoms with Gasteiger partial charge in [-0.15, -0.1) is 22.7 Å². The van der Waals surface area contributed by atoms with Crippen LogP contribution < -0.4 is 10.6 Å². The minimum absolute atomic E-state index is 0. The van der Waals surface area contributed by atoms with Gasteiger partial charge in [-0.05, 0) is 140 Å². The summed E-state index contributed by atoms with van der Waals surface area (Å²) in [4.78, 5) is 9.47. The Balaban J connectivity index is 0.000000164. The normalized spacial score (nSPS) is 14.6. The second-order valence-electron chi connectivity index (χ2n) is 14.5. The number of rotatable bonds is 4. The zero-order chi connectivity index (χ0) is 39.1. The third-order valence-electron chi connectivity index (χ3n) is 10.5. The molecule has 296 valence electrons. The predicted molar refractivity (Wildman–Crippen MR) is 237 cm³/mol. The van der Waals surface area contributed by atoms with Gasteiger partial charge >= 0.3 is 0 Å². The van der Waals surface area contributed by atoms with E-state index in [1.165, 1.54) is 5.57 Å². The summed E-state index contributed by atoms with van der Waals surface area (Å²) in [6.07, 6.45) is 9.46. The molecule has 0 aliphatic carbocycles. The van der Waals surface area contributed by atoms with Gasteiger partial charge in [-0.25, -0.2) is 9.97 Å². The Bertz CT molecular complexity index is 2750. The van der Waals surface area contributed by atoms with Gasteiger partial charge in [0.05, 0.1) is 25.4 Å². The summed E-state index contributed by atoms with van der Waals surface area (Å²) in [5, 5.41) is 48.4. The fraction of sp³-hybridized carbons (Fsp3) is 0.318. The van der Waals surface area contributed by atoms with E-state index in [0.29, 0.717) is 11.4 Å². The van der Waals surface area contributed by atoms with Crippen LogP contribution in [0.15, 0.2) is 67.0 Å². The van der Waals surface area contributed by atoms with E-state index in [2.05, 4.69) is 77.2 Å². The second kappa shape index (κ2) is 16.7. The van der Waals surface area contributed by atoms with Crippen molar-refractivity contribution in [3.63, 3.8) is 0 Å². The summed E-state index contributed by atoms with van der Waals surface area (Å²) >= 11 is 3.38. The zero-order valence-electron chi connectivity index (χ0n) is 32.2. The van der Waals surface area contributed by atoms with Gasteiger partial charge in [-0.1, -0.05) is 13.5 Å². The first-order valence-electron chi connectivity index (χ1n) is 18.9. The molecule has 5 N–H and O–H groups in total. The lowest BCUT2D eigenvalue weighted by atomic mass is 9.99. The summed E-state index contributed by atoms with van der Waals surface area (Å²) in [6, 6.07) is 16.5. The Hall–Kier alpha value is -5.18. The number of phenolic OH excluding ortho intramolecular Hbond substituents is 2. The summed E-state index contributed by atoms with van der Waals surface area (Å²) in [7, 11) is 4.88. The number of phenols is 2. The van der Waals surface area contributed by atoms with Crippen molar-refractivity contribution < 1.29 is 15.3 Å². The molecule has 8 aromatic rings. The first-order chi connectivity index (χ1) is 27.2.